The van der Waals surface area contributed by atoms with Crippen molar-refractivity contribution in [2.45, 2.75) is 39.5 Å². The highest BCUT2D eigenvalue weighted by Gasteiger charge is 2.44. The molecule has 1 aromatic carbocycles. The number of para-hydroxylation sites is 1. The van der Waals surface area contributed by atoms with E-state index in [-0.39, 0.29) is 24.4 Å². The van der Waals surface area contributed by atoms with Gasteiger partial charge in [0.2, 0.25) is 0 Å². The average molecular weight is 429 g/mol. The van der Waals surface area contributed by atoms with Gasteiger partial charge in [-0.25, -0.2) is 4.79 Å². The topological polar surface area (TPSA) is 99.9 Å². The summed E-state index contributed by atoms with van der Waals surface area (Å²) in [5, 5.41) is 3.36. The second-order valence-electron chi connectivity index (χ2n) is 8.59. The van der Waals surface area contributed by atoms with Crippen LogP contribution in [0.25, 0.3) is 0 Å². The highest BCUT2D eigenvalue weighted by atomic mass is 16.5. The maximum atomic E-state index is 13.4. The lowest BCUT2D eigenvalue weighted by atomic mass is 9.68. The Morgan fingerprint density at radius 3 is 2.68 bits per heavy atom. The summed E-state index contributed by atoms with van der Waals surface area (Å²) >= 11 is 0. The number of allylic oxidation sites excluding steroid dienone is 2. The fourth-order valence-electron chi connectivity index (χ4n) is 4.39. The first-order chi connectivity index (χ1) is 14.8. The molecule has 7 heteroatoms. The lowest BCUT2D eigenvalue weighted by Gasteiger charge is -2.40. The fraction of sp³-hybridized carbons (Fsp3) is 0.500. The van der Waals surface area contributed by atoms with Gasteiger partial charge in [-0.2, -0.15) is 0 Å². The number of hydrogen-bond acceptors (Lipinski definition) is 7. The molecule has 3 N–H and O–H groups in total. The van der Waals surface area contributed by atoms with Crippen molar-refractivity contribution in [1.29, 1.82) is 0 Å². The molecule has 31 heavy (non-hydrogen) atoms. The third-order valence-electron chi connectivity index (χ3n) is 5.58. The number of nitrogens with one attached hydrogen (secondary N) is 1. The molecule has 3 rings (SSSR count). The van der Waals surface area contributed by atoms with Crippen molar-refractivity contribution in [3.8, 4) is 5.75 Å². The zero-order chi connectivity index (χ0) is 22.6. The molecule has 0 bridgehead atoms. The number of benzene rings is 1. The monoisotopic (exact) mass is 428 g/mol. The van der Waals surface area contributed by atoms with Gasteiger partial charge in [0.1, 0.15) is 5.75 Å². The van der Waals surface area contributed by atoms with Gasteiger partial charge in [-0.15, -0.1) is 0 Å². The molecule has 0 saturated carbocycles. The molecule has 1 aliphatic carbocycles. The minimum absolute atomic E-state index is 0.0263. The van der Waals surface area contributed by atoms with Gasteiger partial charge in [-0.3, -0.25) is 4.79 Å². The van der Waals surface area contributed by atoms with Crippen molar-refractivity contribution in [2.75, 3.05) is 33.5 Å². The molecule has 1 heterocycles. The number of nitrogens with two attached hydrogens (primary N) is 1. The predicted molar refractivity (Wildman–Crippen MR) is 117 cm³/mol. The van der Waals surface area contributed by atoms with Crippen LogP contribution in [0.2, 0.25) is 0 Å². The Balaban J connectivity index is 2.22. The zero-order valence-electron chi connectivity index (χ0n) is 18.7. The van der Waals surface area contributed by atoms with E-state index in [0.717, 1.165) is 11.3 Å². The molecule has 0 fully saturated rings. The van der Waals surface area contributed by atoms with E-state index in [1.807, 2.05) is 24.3 Å². The molecule has 168 valence electrons. The van der Waals surface area contributed by atoms with Crippen LogP contribution in [-0.4, -0.2) is 45.2 Å². The van der Waals surface area contributed by atoms with Crippen LogP contribution in [0.3, 0.4) is 0 Å². The molecule has 2 aliphatic rings. The highest BCUT2D eigenvalue weighted by Crippen LogP contribution is 2.48. The predicted octanol–water partition coefficient (Wildman–Crippen LogP) is 2.82. The van der Waals surface area contributed by atoms with Gasteiger partial charge in [0.15, 0.2) is 5.78 Å². The minimum Gasteiger partial charge on any atom is -0.496 e. The molecule has 0 aromatic heterocycles. The number of hydrogen-bond donors (Lipinski definition) is 2. The maximum absolute atomic E-state index is 13.4. The lowest BCUT2D eigenvalue weighted by molar-refractivity contribution is -0.139. The quantitative estimate of drug-likeness (QED) is 0.485. The summed E-state index contributed by atoms with van der Waals surface area (Å²) in [6, 6.07) is 7.47. The van der Waals surface area contributed by atoms with E-state index in [9.17, 15) is 9.59 Å². The first-order valence-electron chi connectivity index (χ1n) is 10.7. The number of ether oxygens (including phenoxy) is 3. The summed E-state index contributed by atoms with van der Waals surface area (Å²) in [5.41, 5.74) is 8.58. The fourth-order valence-corrected chi connectivity index (χ4v) is 4.39. The molecule has 1 aliphatic heterocycles. The Labute approximate surface area is 183 Å². The Kier molecular flexibility index (Phi) is 7.18. The second-order valence-corrected chi connectivity index (χ2v) is 8.59. The van der Waals surface area contributed by atoms with Crippen LogP contribution in [0.15, 0.2) is 46.8 Å². The van der Waals surface area contributed by atoms with Gasteiger partial charge >= 0.3 is 5.97 Å². The molecule has 0 saturated heterocycles. The Morgan fingerprint density at radius 1 is 1.26 bits per heavy atom. The van der Waals surface area contributed by atoms with Crippen molar-refractivity contribution < 1.29 is 23.8 Å². The first kappa shape index (κ1) is 23.0. The summed E-state index contributed by atoms with van der Waals surface area (Å²) < 4.78 is 16.7. The van der Waals surface area contributed by atoms with E-state index in [0.29, 0.717) is 48.6 Å². The van der Waals surface area contributed by atoms with Crippen molar-refractivity contribution in [3.63, 3.8) is 0 Å². The molecule has 1 atom stereocenters. The molecule has 1 aromatic rings. The van der Waals surface area contributed by atoms with Gasteiger partial charge in [0.25, 0.3) is 0 Å². The normalized spacial score (nSPS) is 20.3. The zero-order valence-corrected chi connectivity index (χ0v) is 18.7. The third kappa shape index (κ3) is 4.83. The average Bonchev–Trinajstić information content (AvgIpc) is 2.72. The van der Waals surface area contributed by atoms with Crippen LogP contribution in [0.4, 0.5) is 0 Å². The Morgan fingerprint density at radius 2 is 2.00 bits per heavy atom. The van der Waals surface area contributed by atoms with E-state index >= 15 is 0 Å². The van der Waals surface area contributed by atoms with E-state index in [2.05, 4.69) is 19.2 Å². The van der Waals surface area contributed by atoms with Gasteiger partial charge in [0.05, 0.1) is 44.1 Å². The largest absolute Gasteiger partial charge is 0.496 e. The van der Waals surface area contributed by atoms with Crippen LogP contribution in [-0.2, 0) is 19.1 Å². The smallest absolute Gasteiger partial charge is 0.336 e. The van der Waals surface area contributed by atoms with Gasteiger partial charge < -0.3 is 25.3 Å². The number of methoxy groups -OCH3 is 1. The third-order valence-corrected chi connectivity index (χ3v) is 5.58. The summed E-state index contributed by atoms with van der Waals surface area (Å²) in [6.07, 6.45) is 1.10. The van der Waals surface area contributed by atoms with Gasteiger partial charge in [-0.1, -0.05) is 32.0 Å². The number of dihydropyridines is 1. The van der Waals surface area contributed by atoms with E-state index < -0.39 is 11.9 Å². The maximum Gasteiger partial charge on any atom is 0.336 e. The Hall–Kier alpha value is -2.64. The molecule has 7 nitrogen and oxygen atoms in total. The van der Waals surface area contributed by atoms with Crippen molar-refractivity contribution in [2.24, 2.45) is 11.1 Å². The van der Waals surface area contributed by atoms with Crippen LogP contribution in [0.1, 0.15) is 45.1 Å². The van der Waals surface area contributed by atoms with Crippen molar-refractivity contribution in [3.05, 3.63) is 52.4 Å². The summed E-state index contributed by atoms with van der Waals surface area (Å²) in [5.74, 6) is -0.422. The van der Waals surface area contributed by atoms with Gasteiger partial charge in [-0.05, 0) is 24.8 Å². The van der Waals surface area contributed by atoms with Crippen LogP contribution in [0.5, 0.6) is 5.75 Å². The number of carbonyl (C=O) groups excluding carboxylic acids is 2. The summed E-state index contributed by atoms with van der Waals surface area (Å²) in [7, 11) is 1.58. The molecule has 0 spiro atoms. The SMILES string of the molecule is CCOC(=O)C1=C(COCCN)NC2=C(C(=O)CC(C)(C)C2)C1c1ccccc1OC. The number of ketones is 1. The number of esters is 1. The minimum atomic E-state index is -0.591. The summed E-state index contributed by atoms with van der Waals surface area (Å²) in [6.45, 7) is 7.03. The van der Waals surface area contributed by atoms with Crippen LogP contribution in [0, 0.1) is 5.41 Å². The number of Topliss-reactive ketones (excluding diaryl/α,β-unsaturated/α-hetero) is 1. The lowest BCUT2D eigenvalue weighted by Crippen LogP contribution is -2.40. The highest BCUT2D eigenvalue weighted by molar-refractivity contribution is 6.04. The van der Waals surface area contributed by atoms with Crippen LogP contribution >= 0.6 is 0 Å². The van der Waals surface area contributed by atoms with Crippen molar-refractivity contribution >= 4 is 11.8 Å². The van der Waals surface area contributed by atoms with E-state index in [1.54, 1.807) is 14.0 Å². The molecule has 0 radical (unpaired) electrons. The number of carbonyl (C=O) groups is 2. The van der Waals surface area contributed by atoms with Crippen LogP contribution < -0.4 is 15.8 Å². The molecular formula is C24H32N2O5. The molecule has 1 unspecified atom stereocenters. The standard InChI is InChI=1S/C24H32N2O5/c1-5-31-23(28)22-17(14-30-11-10-25)26-16-12-24(2,3)13-18(27)21(16)20(22)15-8-6-7-9-19(15)29-4/h6-9,20,26H,5,10-14,25H2,1-4H3. The van der Waals surface area contributed by atoms with E-state index in [4.69, 9.17) is 19.9 Å². The number of rotatable bonds is 8. The molecule has 0 amide bonds. The summed E-state index contributed by atoms with van der Waals surface area (Å²) in [4.78, 5) is 26.5. The Bertz CT molecular complexity index is 916. The molecular weight excluding hydrogens is 396 g/mol. The second kappa shape index (κ2) is 9.66. The van der Waals surface area contributed by atoms with Gasteiger partial charge in [0, 0.05) is 29.8 Å². The van der Waals surface area contributed by atoms with Crippen molar-refractivity contribution in [1.82, 2.24) is 5.32 Å². The first-order valence-corrected chi connectivity index (χ1v) is 10.7. The van der Waals surface area contributed by atoms with E-state index in [1.165, 1.54) is 0 Å².